The first-order valence-electron chi connectivity index (χ1n) is 9.50. The number of amides is 1. The maximum absolute atomic E-state index is 12.7. The number of aryl methyl sites for hydroxylation is 1. The van der Waals surface area contributed by atoms with Crippen LogP contribution in [-0.4, -0.2) is 39.8 Å². The number of nitrogens with zero attached hydrogens (tertiary/aromatic N) is 1. The Morgan fingerprint density at radius 1 is 1.17 bits per heavy atom. The number of sulfonamides is 1. The van der Waals surface area contributed by atoms with Gasteiger partial charge in [-0.25, -0.2) is 8.42 Å². The molecule has 0 fully saturated rings. The number of hydrogen-bond acceptors (Lipinski definition) is 4. The van der Waals surface area contributed by atoms with E-state index in [1.54, 1.807) is 25.1 Å². The minimum absolute atomic E-state index is 0.262. The molecule has 0 bridgehead atoms. The van der Waals surface area contributed by atoms with Gasteiger partial charge in [0.05, 0.1) is 18.5 Å². The second-order valence-electron chi connectivity index (χ2n) is 6.60. The molecule has 0 aliphatic carbocycles. The van der Waals surface area contributed by atoms with Crippen LogP contribution in [0.2, 0.25) is 5.02 Å². The van der Waals surface area contributed by atoms with Crippen LogP contribution < -0.4 is 14.4 Å². The van der Waals surface area contributed by atoms with Crippen molar-refractivity contribution in [3.8, 4) is 5.75 Å². The zero-order valence-electron chi connectivity index (χ0n) is 16.9. The van der Waals surface area contributed by atoms with E-state index in [9.17, 15) is 13.2 Å². The van der Waals surface area contributed by atoms with Crippen molar-refractivity contribution in [3.05, 3.63) is 59.1 Å². The Labute approximate surface area is 177 Å². The Hall–Kier alpha value is -2.25. The molecule has 0 unspecified atom stereocenters. The molecule has 0 saturated heterocycles. The second kappa shape index (κ2) is 10.5. The fourth-order valence-corrected chi connectivity index (χ4v) is 4.34. The molecule has 158 valence electrons. The Kier molecular flexibility index (Phi) is 8.34. The first-order chi connectivity index (χ1) is 13.8. The topological polar surface area (TPSA) is 75.7 Å². The maximum atomic E-state index is 12.7. The number of anilines is 1. The Balaban J connectivity index is 2.01. The lowest BCUT2D eigenvalue weighted by molar-refractivity contribution is -0.122. The summed E-state index contributed by atoms with van der Waals surface area (Å²) in [5.74, 6) is 0.336. The zero-order valence-corrected chi connectivity index (χ0v) is 18.5. The second-order valence-corrected chi connectivity index (χ2v) is 8.90. The highest BCUT2D eigenvalue weighted by Gasteiger charge is 2.31. The quantitative estimate of drug-likeness (QED) is 0.574. The van der Waals surface area contributed by atoms with Crippen molar-refractivity contribution in [3.63, 3.8) is 0 Å². The van der Waals surface area contributed by atoms with E-state index in [-0.39, 0.29) is 19.1 Å². The van der Waals surface area contributed by atoms with Crippen LogP contribution in [0.3, 0.4) is 0 Å². The van der Waals surface area contributed by atoms with E-state index in [1.165, 1.54) is 11.6 Å². The summed E-state index contributed by atoms with van der Waals surface area (Å²) < 4.78 is 31.5. The van der Waals surface area contributed by atoms with Gasteiger partial charge in [0.15, 0.2) is 0 Å². The molecular formula is C21H27ClN2O4S. The normalized spacial score (nSPS) is 12.3. The van der Waals surface area contributed by atoms with Crippen molar-refractivity contribution in [2.24, 2.45) is 0 Å². The number of carbonyl (C=O) groups is 1. The van der Waals surface area contributed by atoms with E-state index in [1.807, 2.05) is 24.3 Å². The molecular weight excluding hydrogens is 412 g/mol. The highest BCUT2D eigenvalue weighted by atomic mass is 35.5. The van der Waals surface area contributed by atoms with Crippen molar-refractivity contribution in [1.82, 2.24) is 5.32 Å². The number of rotatable bonds is 10. The molecule has 0 radical (unpaired) electrons. The van der Waals surface area contributed by atoms with Crippen LogP contribution in [0.1, 0.15) is 25.8 Å². The molecule has 1 N–H and O–H groups in total. The van der Waals surface area contributed by atoms with Crippen molar-refractivity contribution >= 4 is 33.2 Å². The standard InChI is InChI=1S/C21H27ClN2O4S/c1-4-16-9-11-19(12-10-16)28-14-13-23-21(25)20(5-2)24(29(3,26)27)18-8-6-7-17(22)15-18/h6-12,15,20H,4-5,13-14H2,1-3H3,(H,23,25)/t20-/m1/s1. The summed E-state index contributed by atoms with van der Waals surface area (Å²) in [5, 5.41) is 3.16. The molecule has 1 atom stereocenters. The summed E-state index contributed by atoms with van der Waals surface area (Å²) >= 11 is 6.01. The van der Waals surface area contributed by atoms with Gasteiger partial charge in [-0.3, -0.25) is 9.10 Å². The molecule has 8 heteroatoms. The van der Waals surface area contributed by atoms with Crippen LogP contribution in [0.5, 0.6) is 5.75 Å². The maximum Gasteiger partial charge on any atom is 0.244 e. The fourth-order valence-electron chi connectivity index (χ4n) is 2.96. The van der Waals surface area contributed by atoms with E-state index in [4.69, 9.17) is 16.3 Å². The minimum Gasteiger partial charge on any atom is -0.492 e. The van der Waals surface area contributed by atoms with Crippen LogP contribution in [0.4, 0.5) is 5.69 Å². The van der Waals surface area contributed by atoms with Crippen molar-refractivity contribution in [2.45, 2.75) is 32.7 Å². The summed E-state index contributed by atoms with van der Waals surface area (Å²) in [6, 6.07) is 13.3. The third-order valence-corrected chi connectivity index (χ3v) is 5.81. The highest BCUT2D eigenvalue weighted by Crippen LogP contribution is 2.25. The van der Waals surface area contributed by atoms with E-state index in [2.05, 4.69) is 12.2 Å². The lowest BCUT2D eigenvalue weighted by Crippen LogP contribution is -2.50. The smallest absolute Gasteiger partial charge is 0.244 e. The Bertz CT molecular complexity index is 917. The molecule has 0 aliphatic heterocycles. The van der Waals surface area contributed by atoms with Crippen LogP contribution in [0, 0.1) is 0 Å². The number of ether oxygens (including phenoxy) is 1. The van der Waals surface area contributed by atoms with Crippen molar-refractivity contribution in [2.75, 3.05) is 23.7 Å². The third kappa shape index (κ3) is 6.65. The lowest BCUT2D eigenvalue weighted by atomic mass is 10.2. The van der Waals surface area contributed by atoms with Gasteiger partial charge < -0.3 is 10.1 Å². The molecule has 1 amide bonds. The zero-order chi connectivity index (χ0) is 21.4. The molecule has 0 aromatic heterocycles. The number of carbonyl (C=O) groups excluding carboxylic acids is 1. The summed E-state index contributed by atoms with van der Waals surface area (Å²) in [7, 11) is -3.69. The molecule has 2 aromatic carbocycles. The van der Waals surface area contributed by atoms with Gasteiger partial charge in [-0.1, -0.05) is 43.6 Å². The average molecular weight is 439 g/mol. The van der Waals surface area contributed by atoms with Crippen molar-refractivity contribution in [1.29, 1.82) is 0 Å². The van der Waals surface area contributed by atoms with Crippen molar-refractivity contribution < 1.29 is 17.9 Å². The van der Waals surface area contributed by atoms with Crippen LogP contribution >= 0.6 is 11.6 Å². The van der Waals surface area contributed by atoms with Gasteiger partial charge in [-0.05, 0) is 48.7 Å². The number of halogens is 1. The fraction of sp³-hybridized carbons (Fsp3) is 0.381. The third-order valence-electron chi connectivity index (χ3n) is 4.39. The molecule has 2 aromatic rings. The summed E-state index contributed by atoms with van der Waals surface area (Å²) in [4.78, 5) is 12.7. The molecule has 6 nitrogen and oxygen atoms in total. The molecule has 0 aliphatic rings. The predicted molar refractivity (Wildman–Crippen MR) is 117 cm³/mol. The van der Waals surface area contributed by atoms with E-state index in [0.29, 0.717) is 17.1 Å². The van der Waals surface area contributed by atoms with Crippen LogP contribution in [0.25, 0.3) is 0 Å². The first-order valence-corrected chi connectivity index (χ1v) is 11.7. The predicted octanol–water partition coefficient (Wildman–Crippen LogP) is 3.64. The van der Waals surface area contributed by atoms with Gasteiger partial charge in [0.25, 0.3) is 0 Å². The summed E-state index contributed by atoms with van der Waals surface area (Å²) in [5.41, 5.74) is 1.58. The number of hydrogen-bond donors (Lipinski definition) is 1. The molecule has 0 spiro atoms. The SMILES string of the molecule is CCc1ccc(OCCNC(=O)[C@@H](CC)N(c2cccc(Cl)c2)S(C)(=O)=O)cc1. The molecule has 0 saturated carbocycles. The van der Waals surface area contributed by atoms with Gasteiger partial charge in [0.1, 0.15) is 18.4 Å². The van der Waals surface area contributed by atoms with Gasteiger partial charge in [0, 0.05) is 5.02 Å². The Morgan fingerprint density at radius 3 is 2.41 bits per heavy atom. The largest absolute Gasteiger partial charge is 0.492 e. The molecule has 2 rings (SSSR count). The van der Waals surface area contributed by atoms with E-state index < -0.39 is 16.1 Å². The van der Waals surface area contributed by atoms with Gasteiger partial charge in [-0.15, -0.1) is 0 Å². The monoisotopic (exact) mass is 438 g/mol. The molecule has 0 heterocycles. The summed E-state index contributed by atoms with van der Waals surface area (Å²) in [6.45, 7) is 4.39. The highest BCUT2D eigenvalue weighted by molar-refractivity contribution is 7.92. The van der Waals surface area contributed by atoms with Gasteiger partial charge >= 0.3 is 0 Å². The van der Waals surface area contributed by atoms with Crippen LogP contribution in [-0.2, 0) is 21.2 Å². The van der Waals surface area contributed by atoms with E-state index in [0.717, 1.165) is 22.7 Å². The Morgan fingerprint density at radius 2 is 1.86 bits per heavy atom. The molecule has 29 heavy (non-hydrogen) atoms. The summed E-state index contributed by atoms with van der Waals surface area (Å²) in [6.07, 6.45) is 2.34. The first kappa shape index (κ1) is 23.0. The average Bonchev–Trinajstić information content (AvgIpc) is 2.68. The van der Waals surface area contributed by atoms with Crippen LogP contribution in [0.15, 0.2) is 48.5 Å². The van der Waals surface area contributed by atoms with E-state index >= 15 is 0 Å². The minimum atomic E-state index is -3.69. The van der Waals surface area contributed by atoms with Gasteiger partial charge in [0.2, 0.25) is 15.9 Å². The lowest BCUT2D eigenvalue weighted by Gasteiger charge is -2.30. The number of benzene rings is 2. The van der Waals surface area contributed by atoms with Gasteiger partial charge in [-0.2, -0.15) is 0 Å². The number of nitrogens with one attached hydrogen (secondary N) is 1.